The molecule has 0 fully saturated rings. The van der Waals surface area contributed by atoms with Crippen molar-refractivity contribution in [3.05, 3.63) is 35.5 Å². The Morgan fingerprint density at radius 1 is 1.24 bits per heavy atom. The van der Waals surface area contributed by atoms with Crippen molar-refractivity contribution in [3.63, 3.8) is 0 Å². The fourth-order valence-corrected chi connectivity index (χ4v) is 1.82. The summed E-state index contributed by atoms with van der Waals surface area (Å²) < 4.78 is 15.4. The lowest BCUT2D eigenvalue weighted by Crippen LogP contribution is -2.26. The Bertz CT molecular complexity index is 624. The molecule has 0 atom stereocenters. The van der Waals surface area contributed by atoms with Crippen LogP contribution >= 0.6 is 0 Å². The summed E-state index contributed by atoms with van der Waals surface area (Å²) >= 11 is 0. The number of nitrogens with zero attached hydrogens (tertiary/aromatic N) is 2. The van der Waals surface area contributed by atoms with Crippen LogP contribution in [0.4, 0.5) is 0 Å². The molecule has 0 aliphatic carbocycles. The van der Waals surface area contributed by atoms with Crippen molar-refractivity contribution in [2.45, 2.75) is 13.3 Å². The van der Waals surface area contributed by atoms with E-state index >= 15 is 0 Å². The van der Waals surface area contributed by atoms with E-state index in [9.17, 15) is 4.79 Å². The van der Waals surface area contributed by atoms with E-state index < -0.39 is 0 Å². The van der Waals surface area contributed by atoms with E-state index in [4.69, 9.17) is 13.9 Å². The number of ether oxygens (including phenoxy) is 2. The minimum atomic E-state index is -0.379. The van der Waals surface area contributed by atoms with Gasteiger partial charge in [-0.25, -0.2) is 0 Å². The van der Waals surface area contributed by atoms with Crippen LogP contribution in [0.5, 0.6) is 11.5 Å². The Balaban J connectivity index is 1.90. The summed E-state index contributed by atoms with van der Waals surface area (Å²) in [6, 6.07) is 5.63. The van der Waals surface area contributed by atoms with Crippen LogP contribution in [0, 0.1) is 6.92 Å². The lowest BCUT2D eigenvalue weighted by Gasteiger charge is -2.09. The number of amides is 1. The third kappa shape index (κ3) is 3.71. The first kappa shape index (κ1) is 14.8. The van der Waals surface area contributed by atoms with Crippen LogP contribution in [-0.2, 0) is 6.42 Å². The average molecular weight is 291 g/mol. The summed E-state index contributed by atoms with van der Waals surface area (Å²) in [5.74, 6) is 1.29. The van der Waals surface area contributed by atoms with Crippen LogP contribution in [0.15, 0.2) is 22.6 Å². The molecule has 112 valence electrons. The SMILES string of the molecule is COc1ccc(CCNC(=O)c2nnc(C)o2)cc1OC. The van der Waals surface area contributed by atoms with E-state index in [-0.39, 0.29) is 11.8 Å². The van der Waals surface area contributed by atoms with Gasteiger partial charge in [-0.3, -0.25) is 4.79 Å². The first-order valence-corrected chi connectivity index (χ1v) is 6.43. The van der Waals surface area contributed by atoms with E-state index in [1.807, 2.05) is 18.2 Å². The summed E-state index contributed by atoms with van der Waals surface area (Å²) in [5, 5.41) is 9.98. The number of methoxy groups -OCH3 is 2. The highest BCUT2D eigenvalue weighted by Crippen LogP contribution is 2.27. The maximum atomic E-state index is 11.7. The Hall–Kier alpha value is -2.57. The van der Waals surface area contributed by atoms with Gasteiger partial charge in [0.2, 0.25) is 5.89 Å². The molecule has 21 heavy (non-hydrogen) atoms. The summed E-state index contributed by atoms with van der Waals surface area (Å²) in [6.07, 6.45) is 0.652. The van der Waals surface area contributed by atoms with Gasteiger partial charge in [0.1, 0.15) is 0 Å². The van der Waals surface area contributed by atoms with Crippen LogP contribution in [0.3, 0.4) is 0 Å². The number of rotatable bonds is 6. The molecule has 0 unspecified atom stereocenters. The van der Waals surface area contributed by atoms with E-state index in [1.165, 1.54) is 0 Å². The second kappa shape index (κ2) is 6.74. The first-order chi connectivity index (χ1) is 10.1. The van der Waals surface area contributed by atoms with E-state index in [1.54, 1.807) is 21.1 Å². The summed E-state index contributed by atoms with van der Waals surface area (Å²) in [5.41, 5.74) is 1.02. The minimum Gasteiger partial charge on any atom is -0.493 e. The van der Waals surface area contributed by atoms with Crippen LogP contribution in [0.2, 0.25) is 0 Å². The highest BCUT2D eigenvalue weighted by molar-refractivity contribution is 5.89. The predicted molar refractivity (Wildman–Crippen MR) is 74.6 cm³/mol. The molecule has 7 heteroatoms. The number of hydrogen-bond acceptors (Lipinski definition) is 6. The molecule has 1 N–H and O–H groups in total. The quantitative estimate of drug-likeness (QED) is 0.865. The molecule has 0 spiro atoms. The second-order valence-electron chi connectivity index (χ2n) is 4.32. The molecular formula is C14H17N3O4. The summed E-state index contributed by atoms with van der Waals surface area (Å²) in [7, 11) is 3.17. The highest BCUT2D eigenvalue weighted by Gasteiger charge is 2.12. The minimum absolute atomic E-state index is 0.0280. The van der Waals surface area contributed by atoms with E-state index in [0.29, 0.717) is 30.4 Å². The monoisotopic (exact) mass is 291 g/mol. The van der Waals surface area contributed by atoms with Gasteiger partial charge in [0, 0.05) is 13.5 Å². The molecule has 0 aliphatic rings. The van der Waals surface area contributed by atoms with Gasteiger partial charge in [-0.15, -0.1) is 10.2 Å². The van der Waals surface area contributed by atoms with Gasteiger partial charge in [0.15, 0.2) is 11.5 Å². The Morgan fingerprint density at radius 3 is 2.62 bits per heavy atom. The number of aromatic nitrogens is 2. The molecule has 2 aromatic rings. The molecule has 0 saturated heterocycles. The number of hydrogen-bond donors (Lipinski definition) is 1. The zero-order valence-electron chi connectivity index (χ0n) is 12.2. The van der Waals surface area contributed by atoms with Crippen LogP contribution < -0.4 is 14.8 Å². The molecule has 0 saturated carbocycles. The van der Waals surface area contributed by atoms with Gasteiger partial charge < -0.3 is 19.2 Å². The van der Waals surface area contributed by atoms with Crippen LogP contribution in [-0.4, -0.2) is 36.9 Å². The van der Waals surface area contributed by atoms with Crippen molar-refractivity contribution in [1.29, 1.82) is 0 Å². The molecule has 7 nitrogen and oxygen atoms in total. The number of aryl methyl sites for hydroxylation is 1. The molecule has 0 aliphatic heterocycles. The lowest BCUT2D eigenvalue weighted by molar-refractivity contribution is 0.0918. The molecule has 1 aromatic carbocycles. The van der Waals surface area contributed by atoms with Gasteiger partial charge in [-0.2, -0.15) is 0 Å². The maximum absolute atomic E-state index is 11.7. The second-order valence-corrected chi connectivity index (χ2v) is 4.32. The van der Waals surface area contributed by atoms with Crippen molar-refractivity contribution in [3.8, 4) is 11.5 Å². The highest BCUT2D eigenvalue weighted by atomic mass is 16.5. The Labute approximate surface area is 122 Å². The number of nitrogens with one attached hydrogen (secondary N) is 1. The fourth-order valence-electron chi connectivity index (χ4n) is 1.82. The third-order valence-electron chi connectivity index (χ3n) is 2.87. The number of benzene rings is 1. The fraction of sp³-hybridized carbons (Fsp3) is 0.357. The van der Waals surface area contributed by atoms with Crippen LogP contribution in [0.1, 0.15) is 22.1 Å². The third-order valence-corrected chi connectivity index (χ3v) is 2.87. The van der Waals surface area contributed by atoms with Gasteiger partial charge in [-0.05, 0) is 24.1 Å². The molecular weight excluding hydrogens is 274 g/mol. The molecule has 1 amide bonds. The largest absolute Gasteiger partial charge is 0.493 e. The van der Waals surface area contributed by atoms with Crippen molar-refractivity contribution in [2.24, 2.45) is 0 Å². The van der Waals surface area contributed by atoms with Crippen molar-refractivity contribution < 1.29 is 18.7 Å². The van der Waals surface area contributed by atoms with Gasteiger partial charge in [-0.1, -0.05) is 6.07 Å². The normalized spacial score (nSPS) is 10.2. The summed E-state index contributed by atoms with van der Waals surface area (Å²) in [6.45, 7) is 2.09. The topological polar surface area (TPSA) is 86.5 Å². The smallest absolute Gasteiger partial charge is 0.308 e. The zero-order chi connectivity index (χ0) is 15.2. The van der Waals surface area contributed by atoms with E-state index in [2.05, 4.69) is 15.5 Å². The van der Waals surface area contributed by atoms with Gasteiger partial charge >= 0.3 is 11.8 Å². The Kier molecular flexibility index (Phi) is 4.76. The maximum Gasteiger partial charge on any atom is 0.308 e. The summed E-state index contributed by atoms with van der Waals surface area (Å²) in [4.78, 5) is 11.7. The standard InChI is InChI=1S/C14H17N3O4/c1-9-16-17-14(21-9)13(18)15-7-6-10-4-5-11(19-2)12(8-10)20-3/h4-5,8H,6-7H2,1-3H3,(H,15,18). The first-order valence-electron chi connectivity index (χ1n) is 6.43. The number of carbonyl (C=O) groups excluding carboxylic acids is 1. The zero-order valence-corrected chi connectivity index (χ0v) is 12.2. The Morgan fingerprint density at radius 2 is 2.00 bits per heavy atom. The molecule has 0 radical (unpaired) electrons. The molecule has 1 aromatic heterocycles. The lowest BCUT2D eigenvalue weighted by atomic mass is 10.1. The molecule has 0 bridgehead atoms. The van der Waals surface area contributed by atoms with Crippen LogP contribution in [0.25, 0.3) is 0 Å². The number of carbonyl (C=O) groups is 1. The van der Waals surface area contributed by atoms with Crippen molar-refractivity contribution in [2.75, 3.05) is 20.8 Å². The van der Waals surface area contributed by atoms with Crippen molar-refractivity contribution in [1.82, 2.24) is 15.5 Å². The average Bonchev–Trinajstić information content (AvgIpc) is 2.93. The predicted octanol–water partition coefficient (Wildman–Crippen LogP) is 1.37. The van der Waals surface area contributed by atoms with Gasteiger partial charge in [0.25, 0.3) is 0 Å². The van der Waals surface area contributed by atoms with Crippen molar-refractivity contribution >= 4 is 5.91 Å². The molecule has 2 rings (SSSR count). The molecule has 1 heterocycles. The van der Waals surface area contributed by atoms with E-state index in [0.717, 1.165) is 5.56 Å². The van der Waals surface area contributed by atoms with Gasteiger partial charge in [0.05, 0.1) is 14.2 Å².